The number of hydroxylamine groups is 2. The molecular weight excluding hydrogens is 238 g/mol. The molecule has 98 valence electrons. The van der Waals surface area contributed by atoms with Crippen LogP contribution in [0.3, 0.4) is 0 Å². The molecule has 1 fully saturated rings. The minimum absolute atomic E-state index is 0.0762. The van der Waals surface area contributed by atoms with Crippen LogP contribution in [0.4, 0.5) is 0 Å². The molecule has 2 rings (SSSR count). The summed E-state index contributed by atoms with van der Waals surface area (Å²) in [4.78, 5) is 28.3. The van der Waals surface area contributed by atoms with E-state index in [1.165, 1.54) is 5.06 Å². The molecule has 0 aromatic carbocycles. The summed E-state index contributed by atoms with van der Waals surface area (Å²) >= 11 is 0. The Hall–Kier alpha value is -1.70. The Morgan fingerprint density at radius 2 is 2.39 bits per heavy atom. The number of imide groups is 1. The smallest absolute Gasteiger partial charge is 0.274 e. The number of nitrogens with zero attached hydrogens (tertiary/aromatic N) is 2. The number of amides is 2. The molecule has 18 heavy (non-hydrogen) atoms. The second-order valence-corrected chi connectivity index (χ2v) is 4.15. The van der Waals surface area contributed by atoms with Crippen molar-refractivity contribution < 1.29 is 19.5 Å². The van der Waals surface area contributed by atoms with Crippen LogP contribution in [0, 0.1) is 0 Å². The minimum Gasteiger partial charge on any atom is -0.389 e. The van der Waals surface area contributed by atoms with E-state index in [2.05, 4.69) is 5.32 Å². The quantitative estimate of drug-likeness (QED) is 0.713. The summed E-state index contributed by atoms with van der Waals surface area (Å²) in [5, 5.41) is 12.8. The lowest BCUT2D eigenvalue weighted by molar-refractivity contribution is -0.141. The molecular formula is C11H15N3O4. The van der Waals surface area contributed by atoms with Crippen molar-refractivity contribution >= 4 is 11.8 Å². The van der Waals surface area contributed by atoms with Crippen LogP contribution in [-0.2, 0) is 16.7 Å². The molecule has 1 aromatic heterocycles. The third kappa shape index (κ3) is 2.95. The number of carbonyl (C=O) groups excluding carboxylic acids is 2. The summed E-state index contributed by atoms with van der Waals surface area (Å²) in [6.45, 7) is 0.373. The van der Waals surface area contributed by atoms with Crippen molar-refractivity contribution in [1.82, 2.24) is 14.9 Å². The van der Waals surface area contributed by atoms with Gasteiger partial charge in [0.15, 0.2) is 0 Å². The number of hydrogen-bond acceptors (Lipinski definition) is 5. The molecule has 1 atom stereocenters. The Morgan fingerprint density at radius 3 is 2.94 bits per heavy atom. The fraction of sp³-hybridized carbons (Fsp3) is 0.455. The second kappa shape index (κ2) is 5.30. The number of hydrogen-bond donors (Lipinski definition) is 2. The Morgan fingerprint density at radius 1 is 1.61 bits per heavy atom. The molecule has 1 aromatic rings. The van der Waals surface area contributed by atoms with Crippen molar-refractivity contribution in [1.29, 1.82) is 0 Å². The maximum Gasteiger partial charge on any atom is 0.274 e. The SMILES string of the molecule is Cn1cccc1C(=O)NC(=O)CN1C[C@H](O)CO1. The number of aryl methyl sites for hydroxylation is 1. The van der Waals surface area contributed by atoms with E-state index >= 15 is 0 Å². The maximum absolute atomic E-state index is 11.7. The predicted molar refractivity (Wildman–Crippen MR) is 61.4 cm³/mol. The molecule has 2 heterocycles. The maximum atomic E-state index is 11.7. The first-order chi connectivity index (χ1) is 8.56. The van der Waals surface area contributed by atoms with E-state index in [4.69, 9.17) is 4.84 Å². The molecule has 1 aliphatic heterocycles. The lowest BCUT2D eigenvalue weighted by Crippen LogP contribution is -2.39. The number of β-amino-alcohol motifs (C(OH)–C–C–N with tert-alkyl or cyclic N) is 1. The number of aliphatic hydroxyl groups is 1. The topological polar surface area (TPSA) is 83.8 Å². The molecule has 7 heteroatoms. The highest BCUT2D eigenvalue weighted by Gasteiger charge is 2.24. The number of nitrogens with one attached hydrogen (secondary N) is 1. The van der Waals surface area contributed by atoms with Crippen LogP contribution in [0.25, 0.3) is 0 Å². The fourth-order valence-electron chi connectivity index (χ4n) is 1.73. The van der Waals surface area contributed by atoms with Gasteiger partial charge in [-0.2, -0.15) is 5.06 Å². The van der Waals surface area contributed by atoms with Crippen molar-refractivity contribution in [2.75, 3.05) is 19.7 Å². The van der Waals surface area contributed by atoms with Gasteiger partial charge in [0, 0.05) is 13.2 Å². The molecule has 7 nitrogen and oxygen atoms in total. The molecule has 0 unspecified atom stereocenters. The largest absolute Gasteiger partial charge is 0.389 e. The van der Waals surface area contributed by atoms with E-state index in [-0.39, 0.29) is 19.7 Å². The summed E-state index contributed by atoms with van der Waals surface area (Å²) in [5.74, 6) is -0.914. The standard InChI is InChI=1S/C11H15N3O4/c1-13-4-2-3-9(13)11(17)12-10(16)6-14-5-8(15)7-18-14/h2-4,8,15H,5-7H2,1H3,(H,12,16,17)/t8-/m0/s1. The highest BCUT2D eigenvalue weighted by molar-refractivity contribution is 6.04. The van der Waals surface area contributed by atoms with Gasteiger partial charge in [0.05, 0.1) is 19.3 Å². The molecule has 0 bridgehead atoms. The van der Waals surface area contributed by atoms with Gasteiger partial charge in [-0.25, -0.2) is 0 Å². The zero-order valence-corrected chi connectivity index (χ0v) is 10.00. The number of carbonyl (C=O) groups is 2. The molecule has 0 radical (unpaired) electrons. The van der Waals surface area contributed by atoms with Gasteiger partial charge in [0.1, 0.15) is 12.2 Å². The van der Waals surface area contributed by atoms with Gasteiger partial charge in [0.2, 0.25) is 5.91 Å². The van der Waals surface area contributed by atoms with Crippen LogP contribution in [0.5, 0.6) is 0 Å². The number of rotatable bonds is 3. The van der Waals surface area contributed by atoms with Crippen LogP contribution in [0.15, 0.2) is 18.3 Å². The highest BCUT2D eigenvalue weighted by atomic mass is 16.7. The first kappa shape index (κ1) is 12.7. The van der Waals surface area contributed by atoms with Gasteiger partial charge in [0.25, 0.3) is 5.91 Å². The summed E-state index contributed by atoms with van der Waals surface area (Å²) in [6.07, 6.45) is 1.14. The van der Waals surface area contributed by atoms with Gasteiger partial charge >= 0.3 is 0 Å². The van der Waals surface area contributed by atoms with Gasteiger partial charge in [-0.05, 0) is 12.1 Å². The van der Waals surface area contributed by atoms with Crippen molar-refractivity contribution in [2.24, 2.45) is 7.05 Å². The fourth-order valence-corrected chi connectivity index (χ4v) is 1.73. The molecule has 1 saturated heterocycles. The van der Waals surface area contributed by atoms with Crippen molar-refractivity contribution in [3.63, 3.8) is 0 Å². The Balaban J connectivity index is 1.84. The van der Waals surface area contributed by atoms with E-state index in [0.29, 0.717) is 5.69 Å². The average Bonchev–Trinajstić information content (AvgIpc) is 2.87. The molecule has 2 N–H and O–H groups in total. The normalized spacial score (nSPS) is 20.0. The van der Waals surface area contributed by atoms with Crippen LogP contribution in [0.2, 0.25) is 0 Å². The monoisotopic (exact) mass is 253 g/mol. The summed E-state index contributed by atoms with van der Waals surface area (Å²) < 4.78 is 1.62. The predicted octanol–water partition coefficient (Wildman–Crippen LogP) is -1.11. The summed E-state index contributed by atoms with van der Waals surface area (Å²) in [7, 11) is 1.72. The minimum atomic E-state index is -0.582. The lowest BCUT2D eigenvalue weighted by atomic mass is 10.4. The number of aliphatic hydroxyl groups excluding tert-OH is 1. The van der Waals surface area contributed by atoms with E-state index in [1.54, 1.807) is 29.9 Å². The van der Waals surface area contributed by atoms with Gasteiger partial charge in [-0.3, -0.25) is 19.7 Å². The zero-order valence-electron chi connectivity index (χ0n) is 10.00. The van der Waals surface area contributed by atoms with Crippen molar-refractivity contribution in [3.8, 4) is 0 Å². The van der Waals surface area contributed by atoms with Crippen molar-refractivity contribution in [3.05, 3.63) is 24.0 Å². The Bertz CT molecular complexity index is 457. The summed E-state index contributed by atoms with van der Waals surface area (Å²) in [5.41, 5.74) is 0.408. The average molecular weight is 253 g/mol. The van der Waals surface area contributed by atoms with E-state index in [1.807, 2.05) is 0 Å². The van der Waals surface area contributed by atoms with Crippen LogP contribution in [-0.4, -0.2) is 52.4 Å². The van der Waals surface area contributed by atoms with Crippen LogP contribution >= 0.6 is 0 Å². The van der Waals surface area contributed by atoms with Crippen molar-refractivity contribution in [2.45, 2.75) is 6.10 Å². The molecule has 0 saturated carbocycles. The first-order valence-corrected chi connectivity index (χ1v) is 5.57. The zero-order chi connectivity index (χ0) is 13.1. The Kier molecular flexibility index (Phi) is 3.75. The lowest BCUT2D eigenvalue weighted by Gasteiger charge is -2.12. The van der Waals surface area contributed by atoms with E-state index < -0.39 is 17.9 Å². The second-order valence-electron chi connectivity index (χ2n) is 4.15. The third-order valence-corrected chi connectivity index (χ3v) is 2.61. The summed E-state index contributed by atoms with van der Waals surface area (Å²) in [6, 6.07) is 3.35. The van der Waals surface area contributed by atoms with Crippen LogP contribution < -0.4 is 5.32 Å². The highest BCUT2D eigenvalue weighted by Crippen LogP contribution is 2.04. The van der Waals surface area contributed by atoms with Crippen LogP contribution in [0.1, 0.15) is 10.5 Å². The van der Waals surface area contributed by atoms with E-state index in [9.17, 15) is 14.7 Å². The Labute approximate surface area is 104 Å². The van der Waals surface area contributed by atoms with E-state index in [0.717, 1.165) is 0 Å². The third-order valence-electron chi connectivity index (χ3n) is 2.61. The van der Waals surface area contributed by atoms with Gasteiger partial charge < -0.3 is 9.67 Å². The molecule has 2 amide bonds. The molecule has 0 spiro atoms. The molecule has 1 aliphatic rings. The van der Waals surface area contributed by atoms with Gasteiger partial charge in [-0.1, -0.05) is 0 Å². The molecule has 0 aliphatic carbocycles. The number of aromatic nitrogens is 1. The first-order valence-electron chi connectivity index (χ1n) is 5.57. The van der Waals surface area contributed by atoms with Gasteiger partial charge in [-0.15, -0.1) is 0 Å².